The zero-order valence-electron chi connectivity index (χ0n) is 18.6. The van der Waals surface area contributed by atoms with Crippen LogP contribution in [0.5, 0.6) is 5.75 Å². The molecule has 1 aromatic heterocycles. The highest BCUT2D eigenvalue weighted by Gasteiger charge is 2.23. The fourth-order valence-corrected chi connectivity index (χ4v) is 5.12. The van der Waals surface area contributed by atoms with Gasteiger partial charge in [-0.25, -0.2) is 4.98 Å². The normalized spacial score (nSPS) is 20.0. The highest BCUT2D eigenvalue weighted by atomic mass is 32.1. The second kappa shape index (κ2) is 10.6. The Kier molecular flexibility index (Phi) is 7.60. The number of aryl methyl sites for hydroxylation is 1. The summed E-state index contributed by atoms with van der Waals surface area (Å²) in [5.74, 6) is 1.74. The number of aliphatic hydroxyl groups is 1. The van der Waals surface area contributed by atoms with Crippen LogP contribution in [0.2, 0.25) is 0 Å². The molecule has 0 spiro atoms. The van der Waals surface area contributed by atoms with Gasteiger partial charge in [0.2, 0.25) is 5.13 Å². The number of β-amino-alcohol motifs (C(OH)–C–C–N with tert-alkyl or cyclic N) is 1. The quantitative estimate of drug-likeness (QED) is 0.687. The molecule has 2 aliphatic heterocycles. The van der Waals surface area contributed by atoms with Crippen molar-refractivity contribution in [2.45, 2.75) is 19.4 Å². The zero-order chi connectivity index (χ0) is 21.6. The number of hydrogen-bond acceptors (Lipinski definition) is 9. The highest BCUT2D eigenvalue weighted by molar-refractivity contribution is 7.09. The summed E-state index contributed by atoms with van der Waals surface area (Å²) in [5, 5.41) is 11.8. The van der Waals surface area contributed by atoms with Crippen LogP contribution in [0.4, 0.5) is 10.8 Å². The van der Waals surface area contributed by atoms with Crippen molar-refractivity contribution in [3.63, 3.8) is 0 Å². The number of piperazine rings is 1. The first kappa shape index (κ1) is 22.3. The third-order valence-corrected chi connectivity index (χ3v) is 6.99. The van der Waals surface area contributed by atoms with E-state index >= 15 is 0 Å². The second-order valence-corrected chi connectivity index (χ2v) is 9.14. The molecule has 2 saturated heterocycles. The second-order valence-electron chi connectivity index (χ2n) is 8.40. The number of nitrogens with zero attached hydrogens (tertiary/aromatic N) is 6. The van der Waals surface area contributed by atoms with E-state index in [1.807, 2.05) is 19.1 Å². The van der Waals surface area contributed by atoms with E-state index in [9.17, 15) is 5.11 Å². The molecule has 31 heavy (non-hydrogen) atoms. The van der Waals surface area contributed by atoms with Crippen LogP contribution in [0.3, 0.4) is 0 Å². The van der Waals surface area contributed by atoms with Crippen LogP contribution in [-0.4, -0.2) is 103 Å². The van der Waals surface area contributed by atoms with Crippen molar-refractivity contribution in [2.24, 2.45) is 0 Å². The Morgan fingerprint density at radius 1 is 0.935 bits per heavy atom. The van der Waals surface area contributed by atoms with E-state index in [0.29, 0.717) is 0 Å². The monoisotopic (exact) mass is 446 g/mol. The number of methoxy groups -OCH3 is 1. The van der Waals surface area contributed by atoms with Crippen molar-refractivity contribution in [1.82, 2.24) is 19.2 Å². The third kappa shape index (κ3) is 6.06. The van der Waals surface area contributed by atoms with Gasteiger partial charge in [0.15, 0.2) is 0 Å². The van der Waals surface area contributed by atoms with E-state index in [-0.39, 0.29) is 6.10 Å². The van der Waals surface area contributed by atoms with Gasteiger partial charge in [0.05, 0.1) is 13.2 Å². The molecule has 4 rings (SSSR count). The summed E-state index contributed by atoms with van der Waals surface area (Å²) in [4.78, 5) is 14.0. The topological polar surface area (TPSA) is 68.2 Å². The number of ether oxygens (including phenoxy) is 1. The molecule has 3 heterocycles. The molecule has 2 fully saturated rings. The summed E-state index contributed by atoms with van der Waals surface area (Å²) in [6.45, 7) is 11.3. The zero-order valence-corrected chi connectivity index (χ0v) is 19.4. The molecule has 8 nitrogen and oxygen atoms in total. The van der Waals surface area contributed by atoms with Crippen molar-refractivity contribution < 1.29 is 9.84 Å². The lowest BCUT2D eigenvalue weighted by molar-refractivity contribution is 0.0738. The fourth-order valence-electron chi connectivity index (χ4n) is 4.39. The van der Waals surface area contributed by atoms with Crippen molar-refractivity contribution in [1.29, 1.82) is 0 Å². The van der Waals surface area contributed by atoms with Crippen LogP contribution >= 0.6 is 11.5 Å². The largest absolute Gasteiger partial charge is 0.497 e. The molecule has 2 aromatic rings. The van der Waals surface area contributed by atoms with Crippen LogP contribution in [0.1, 0.15) is 12.2 Å². The van der Waals surface area contributed by atoms with Gasteiger partial charge < -0.3 is 19.6 Å². The molecule has 0 amide bonds. The molecule has 1 N–H and O–H groups in total. The predicted octanol–water partition coefficient (Wildman–Crippen LogP) is 1.55. The molecular weight excluding hydrogens is 412 g/mol. The lowest BCUT2D eigenvalue weighted by Crippen LogP contribution is -2.50. The Morgan fingerprint density at radius 2 is 1.58 bits per heavy atom. The Hall–Kier alpha value is -1.94. The Morgan fingerprint density at radius 3 is 2.19 bits per heavy atom. The maximum atomic E-state index is 10.7. The molecule has 0 aliphatic carbocycles. The van der Waals surface area contributed by atoms with E-state index in [2.05, 4.69) is 41.1 Å². The highest BCUT2D eigenvalue weighted by Crippen LogP contribution is 2.21. The molecule has 0 saturated carbocycles. The van der Waals surface area contributed by atoms with Gasteiger partial charge in [0.25, 0.3) is 0 Å². The smallest absolute Gasteiger partial charge is 0.205 e. The Balaban J connectivity index is 1.19. The van der Waals surface area contributed by atoms with Gasteiger partial charge in [-0.15, -0.1) is 0 Å². The average molecular weight is 447 g/mol. The van der Waals surface area contributed by atoms with Gasteiger partial charge in [-0.1, -0.05) is 0 Å². The van der Waals surface area contributed by atoms with Crippen LogP contribution in [0.15, 0.2) is 24.3 Å². The van der Waals surface area contributed by atoms with Gasteiger partial charge in [-0.3, -0.25) is 9.80 Å². The lowest BCUT2D eigenvalue weighted by Gasteiger charge is -2.37. The van der Waals surface area contributed by atoms with Crippen LogP contribution in [0.25, 0.3) is 0 Å². The number of aliphatic hydroxyl groups excluding tert-OH is 1. The predicted molar refractivity (Wildman–Crippen MR) is 126 cm³/mol. The minimum atomic E-state index is -0.317. The number of hydrogen-bond donors (Lipinski definition) is 1. The standard InChI is InChI=1S/C22H34N6O2S/c1-18-23-22(31-24-18)28-9-3-8-25(12-15-28)16-20(29)17-26-10-13-27(14-11-26)19-4-6-21(30-2)7-5-19/h4-7,20,29H,3,8-17H2,1-2H3. The maximum Gasteiger partial charge on any atom is 0.205 e. The molecule has 9 heteroatoms. The van der Waals surface area contributed by atoms with Crippen LogP contribution < -0.4 is 14.5 Å². The summed E-state index contributed by atoms with van der Waals surface area (Å²) in [5.41, 5.74) is 1.24. The molecule has 1 aromatic carbocycles. The minimum Gasteiger partial charge on any atom is -0.497 e. The van der Waals surface area contributed by atoms with Gasteiger partial charge in [-0.2, -0.15) is 4.37 Å². The first-order valence-electron chi connectivity index (χ1n) is 11.2. The summed E-state index contributed by atoms with van der Waals surface area (Å²) >= 11 is 1.48. The van der Waals surface area contributed by atoms with Crippen molar-refractivity contribution in [3.8, 4) is 5.75 Å². The van der Waals surface area contributed by atoms with Crippen LogP contribution in [-0.2, 0) is 0 Å². The molecule has 0 bridgehead atoms. The molecule has 1 atom stereocenters. The number of benzene rings is 1. The molecule has 2 aliphatic rings. The first-order valence-corrected chi connectivity index (χ1v) is 11.9. The fraction of sp³-hybridized carbons (Fsp3) is 0.636. The lowest BCUT2D eigenvalue weighted by atomic mass is 10.2. The summed E-state index contributed by atoms with van der Waals surface area (Å²) in [7, 11) is 1.69. The molecular formula is C22H34N6O2S. The van der Waals surface area contributed by atoms with Gasteiger partial charge in [-0.05, 0) is 44.2 Å². The van der Waals surface area contributed by atoms with Crippen molar-refractivity contribution >= 4 is 22.4 Å². The minimum absolute atomic E-state index is 0.317. The van der Waals surface area contributed by atoms with Gasteiger partial charge >= 0.3 is 0 Å². The summed E-state index contributed by atoms with van der Waals surface area (Å²) in [6.07, 6.45) is 0.772. The number of anilines is 2. The summed E-state index contributed by atoms with van der Waals surface area (Å²) < 4.78 is 9.56. The van der Waals surface area contributed by atoms with Crippen molar-refractivity contribution in [3.05, 3.63) is 30.1 Å². The maximum absolute atomic E-state index is 10.7. The number of aromatic nitrogens is 2. The molecule has 1 unspecified atom stereocenters. The van der Waals surface area contributed by atoms with Crippen molar-refractivity contribution in [2.75, 3.05) is 82.4 Å². The van der Waals surface area contributed by atoms with E-state index in [0.717, 1.165) is 88.6 Å². The Labute approximate surface area is 189 Å². The van der Waals surface area contributed by atoms with Gasteiger partial charge in [0.1, 0.15) is 11.6 Å². The van der Waals surface area contributed by atoms with E-state index in [1.165, 1.54) is 17.2 Å². The van der Waals surface area contributed by atoms with Gasteiger partial charge in [0, 0.05) is 76.1 Å². The number of rotatable bonds is 7. The Bertz CT molecular complexity index is 809. The SMILES string of the molecule is COc1ccc(N2CCN(CC(O)CN3CCCN(c4nc(C)ns4)CC3)CC2)cc1. The molecule has 170 valence electrons. The third-order valence-electron chi connectivity index (χ3n) is 6.12. The average Bonchev–Trinajstić information content (AvgIpc) is 3.09. The van der Waals surface area contributed by atoms with E-state index in [4.69, 9.17) is 4.74 Å². The van der Waals surface area contributed by atoms with Crippen LogP contribution in [0, 0.1) is 6.92 Å². The molecule has 0 radical (unpaired) electrons. The summed E-state index contributed by atoms with van der Waals surface area (Å²) in [6, 6.07) is 8.27. The first-order chi connectivity index (χ1) is 15.1. The van der Waals surface area contributed by atoms with E-state index in [1.54, 1.807) is 7.11 Å². The van der Waals surface area contributed by atoms with E-state index < -0.39 is 0 Å².